The van der Waals surface area contributed by atoms with Gasteiger partial charge in [-0.1, -0.05) is 19.9 Å². The lowest BCUT2D eigenvalue weighted by molar-refractivity contribution is -0.141. The molecule has 0 atom stereocenters. The van der Waals surface area contributed by atoms with Gasteiger partial charge >= 0.3 is 6.18 Å². The number of aryl methyl sites for hydroxylation is 1. The van der Waals surface area contributed by atoms with Crippen molar-refractivity contribution in [2.45, 2.75) is 38.4 Å². The standard InChI is InChI=1S/C17H21F3N4O3S/c1-4-24(5-2)28(26,27)14-10-13(7-6-12(14)3)21-16(25)11-23-9-8-15(22-23)17(18,19)20/h6-10H,4-5,11H2,1-3H3,(H,21,25). The van der Waals surface area contributed by atoms with Crippen molar-refractivity contribution in [3.63, 3.8) is 0 Å². The summed E-state index contributed by atoms with van der Waals surface area (Å²) in [6, 6.07) is 5.19. The summed E-state index contributed by atoms with van der Waals surface area (Å²) in [6.45, 7) is 5.25. The van der Waals surface area contributed by atoms with Crippen LogP contribution in [0.2, 0.25) is 0 Å². The van der Waals surface area contributed by atoms with E-state index in [4.69, 9.17) is 0 Å². The SMILES string of the molecule is CCN(CC)S(=O)(=O)c1cc(NC(=O)Cn2ccc(C(F)(F)F)n2)ccc1C. The number of carbonyl (C=O) groups excluding carboxylic acids is 1. The predicted molar refractivity (Wildman–Crippen MR) is 97.1 cm³/mol. The number of nitrogens with one attached hydrogen (secondary N) is 1. The highest BCUT2D eigenvalue weighted by molar-refractivity contribution is 7.89. The van der Waals surface area contributed by atoms with E-state index in [2.05, 4.69) is 10.4 Å². The Bertz CT molecular complexity index is 951. The van der Waals surface area contributed by atoms with Gasteiger partial charge in [0.1, 0.15) is 6.54 Å². The molecule has 0 fully saturated rings. The number of sulfonamides is 1. The Hall–Kier alpha value is -2.40. The first-order chi connectivity index (χ1) is 13.0. The fraction of sp³-hybridized carbons (Fsp3) is 0.412. The molecule has 1 N–H and O–H groups in total. The third-order valence-electron chi connectivity index (χ3n) is 4.03. The van der Waals surface area contributed by atoms with Crippen molar-refractivity contribution in [2.75, 3.05) is 18.4 Å². The van der Waals surface area contributed by atoms with Crippen LogP contribution in [0.25, 0.3) is 0 Å². The van der Waals surface area contributed by atoms with Crippen molar-refractivity contribution < 1.29 is 26.4 Å². The summed E-state index contributed by atoms with van der Waals surface area (Å²) in [5.41, 5.74) is -0.348. The normalized spacial score (nSPS) is 12.4. The summed E-state index contributed by atoms with van der Waals surface area (Å²) in [5.74, 6) is -0.633. The highest BCUT2D eigenvalue weighted by Gasteiger charge is 2.33. The van der Waals surface area contributed by atoms with Crippen LogP contribution in [0.15, 0.2) is 35.4 Å². The molecule has 7 nitrogen and oxygen atoms in total. The van der Waals surface area contributed by atoms with Gasteiger partial charge in [-0.2, -0.15) is 22.6 Å². The first kappa shape index (κ1) is 21.9. The highest BCUT2D eigenvalue weighted by Crippen LogP contribution is 2.27. The number of amides is 1. The van der Waals surface area contributed by atoms with Crippen molar-refractivity contribution in [2.24, 2.45) is 0 Å². The molecule has 154 valence electrons. The van der Waals surface area contributed by atoms with Crippen LogP contribution in [0.5, 0.6) is 0 Å². The molecule has 11 heteroatoms. The zero-order valence-corrected chi connectivity index (χ0v) is 16.4. The van der Waals surface area contributed by atoms with Crippen LogP contribution in [0.3, 0.4) is 0 Å². The van der Waals surface area contributed by atoms with Gasteiger partial charge in [-0.3, -0.25) is 9.48 Å². The van der Waals surface area contributed by atoms with Crippen molar-refractivity contribution in [1.82, 2.24) is 14.1 Å². The highest BCUT2D eigenvalue weighted by atomic mass is 32.2. The number of halogens is 3. The number of anilines is 1. The predicted octanol–water partition coefficient (Wildman–Crippen LogP) is 2.88. The summed E-state index contributed by atoms with van der Waals surface area (Å²) < 4.78 is 65.3. The second-order valence-corrected chi connectivity index (χ2v) is 7.92. The van der Waals surface area contributed by atoms with Crippen LogP contribution in [-0.4, -0.2) is 41.5 Å². The molecular formula is C17H21F3N4O3S. The van der Waals surface area contributed by atoms with E-state index in [9.17, 15) is 26.4 Å². The largest absolute Gasteiger partial charge is 0.435 e. The lowest BCUT2D eigenvalue weighted by Crippen LogP contribution is -2.31. The van der Waals surface area contributed by atoms with Gasteiger partial charge in [-0.15, -0.1) is 0 Å². The number of hydrogen-bond acceptors (Lipinski definition) is 4. The fourth-order valence-corrected chi connectivity index (χ4v) is 4.32. The fourth-order valence-electron chi connectivity index (χ4n) is 2.61. The van der Waals surface area contributed by atoms with E-state index in [0.29, 0.717) is 18.7 Å². The molecule has 1 amide bonds. The quantitative estimate of drug-likeness (QED) is 0.749. The lowest BCUT2D eigenvalue weighted by atomic mass is 10.2. The van der Waals surface area contributed by atoms with Crippen LogP contribution in [0.1, 0.15) is 25.1 Å². The van der Waals surface area contributed by atoms with Crippen LogP contribution >= 0.6 is 0 Å². The monoisotopic (exact) mass is 418 g/mol. The van der Waals surface area contributed by atoms with Gasteiger partial charge in [-0.25, -0.2) is 8.42 Å². The zero-order chi connectivity index (χ0) is 21.1. The Morgan fingerprint density at radius 2 is 1.86 bits per heavy atom. The van der Waals surface area contributed by atoms with E-state index >= 15 is 0 Å². The minimum absolute atomic E-state index is 0.0625. The van der Waals surface area contributed by atoms with E-state index in [-0.39, 0.29) is 10.6 Å². The molecule has 1 heterocycles. The molecule has 2 aromatic rings. The number of nitrogens with zero attached hydrogens (tertiary/aromatic N) is 3. The van der Waals surface area contributed by atoms with Crippen molar-refractivity contribution in [3.05, 3.63) is 41.7 Å². The van der Waals surface area contributed by atoms with Crippen LogP contribution in [0, 0.1) is 6.92 Å². The number of alkyl halides is 3. The second-order valence-electron chi connectivity index (χ2n) is 6.01. The summed E-state index contributed by atoms with van der Waals surface area (Å²) in [4.78, 5) is 12.2. The van der Waals surface area contributed by atoms with E-state index in [1.807, 2.05) is 0 Å². The molecule has 0 saturated carbocycles. The van der Waals surface area contributed by atoms with E-state index in [0.717, 1.165) is 16.9 Å². The van der Waals surface area contributed by atoms with Gasteiger partial charge < -0.3 is 5.32 Å². The molecule has 0 aliphatic heterocycles. The number of benzene rings is 1. The molecule has 0 spiro atoms. The molecule has 28 heavy (non-hydrogen) atoms. The van der Waals surface area contributed by atoms with Crippen LogP contribution in [-0.2, 0) is 27.5 Å². The number of carbonyl (C=O) groups is 1. The van der Waals surface area contributed by atoms with Crippen LogP contribution in [0.4, 0.5) is 18.9 Å². The molecule has 0 aliphatic carbocycles. The van der Waals surface area contributed by atoms with E-state index < -0.39 is 34.3 Å². The Morgan fingerprint density at radius 1 is 1.21 bits per heavy atom. The van der Waals surface area contributed by atoms with E-state index in [1.165, 1.54) is 16.4 Å². The lowest BCUT2D eigenvalue weighted by Gasteiger charge is -2.20. The number of rotatable bonds is 7. The van der Waals surface area contributed by atoms with Gasteiger partial charge in [0.2, 0.25) is 15.9 Å². The van der Waals surface area contributed by atoms with Gasteiger partial charge in [0.25, 0.3) is 0 Å². The molecule has 0 bridgehead atoms. The first-order valence-electron chi connectivity index (χ1n) is 8.50. The van der Waals surface area contributed by atoms with Gasteiger partial charge in [0, 0.05) is 25.0 Å². The summed E-state index contributed by atoms with van der Waals surface area (Å²) in [5, 5.41) is 5.80. The molecule has 0 saturated heterocycles. The Balaban J connectivity index is 2.19. The topological polar surface area (TPSA) is 84.3 Å². The zero-order valence-electron chi connectivity index (χ0n) is 15.6. The average Bonchev–Trinajstić information content (AvgIpc) is 3.06. The molecule has 1 aromatic heterocycles. The Morgan fingerprint density at radius 3 is 2.39 bits per heavy atom. The first-order valence-corrected chi connectivity index (χ1v) is 9.94. The van der Waals surface area contributed by atoms with Crippen molar-refractivity contribution in [3.8, 4) is 0 Å². The molecule has 1 aromatic carbocycles. The molecule has 0 radical (unpaired) electrons. The smallest absolute Gasteiger partial charge is 0.324 e. The van der Waals surface area contributed by atoms with Crippen molar-refractivity contribution >= 4 is 21.6 Å². The molecule has 0 aliphatic rings. The molecule has 0 unspecified atom stereocenters. The maximum absolute atomic E-state index is 12.7. The van der Waals surface area contributed by atoms with Gasteiger partial charge in [0.15, 0.2) is 5.69 Å². The minimum Gasteiger partial charge on any atom is -0.324 e. The van der Waals surface area contributed by atoms with Crippen LogP contribution < -0.4 is 5.32 Å². The third kappa shape index (κ3) is 4.90. The van der Waals surface area contributed by atoms with Gasteiger partial charge in [-0.05, 0) is 30.7 Å². The Labute approximate surface area is 161 Å². The minimum atomic E-state index is -4.59. The van der Waals surface area contributed by atoms with Gasteiger partial charge in [0.05, 0.1) is 4.90 Å². The second kappa shape index (κ2) is 8.31. The maximum atomic E-state index is 12.7. The molecular weight excluding hydrogens is 397 g/mol. The van der Waals surface area contributed by atoms with Crippen molar-refractivity contribution in [1.29, 1.82) is 0 Å². The molecule has 2 rings (SSSR count). The van der Waals surface area contributed by atoms with E-state index in [1.54, 1.807) is 26.8 Å². The summed E-state index contributed by atoms with van der Waals surface area (Å²) in [7, 11) is -3.72. The number of aromatic nitrogens is 2. The third-order valence-corrected chi connectivity index (χ3v) is 6.22. The summed E-state index contributed by atoms with van der Waals surface area (Å²) >= 11 is 0. The summed E-state index contributed by atoms with van der Waals surface area (Å²) in [6.07, 6.45) is -3.54. The average molecular weight is 418 g/mol. The maximum Gasteiger partial charge on any atom is 0.435 e. The Kier molecular flexibility index (Phi) is 6.50. The number of hydrogen-bond donors (Lipinski definition) is 1.